The van der Waals surface area contributed by atoms with E-state index in [9.17, 15) is 0 Å². The highest BCUT2D eigenvalue weighted by atomic mass is 32.1. The van der Waals surface area contributed by atoms with Crippen molar-refractivity contribution >= 4 is 163 Å². The van der Waals surface area contributed by atoms with Crippen LogP contribution in [0.1, 0.15) is 0 Å². The molecule has 0 atom stereocenters. The summed E-state index contributed by atoms with van der Waals surface area (Å²) in [5.41, 5.74) is 0. The first-order chi connectivity index (χ1) is 25.3. The molecule has 0 aliphatic rings. The minimum Gasteiger partial charge on any atom is -0.151 e. The van der Waals surface area contributed by atoms with Crippen LogP contribution in [-0.2, 0) is 0 Å². The van der Waals surface area contributed by atoms with E-state index in [4.69, 9.17) is 0 Å². The van der Waals surface area contributed by atoms with Crippen LogP contribution in [0.5, 0.6) is 0 Å². The van der Waals surface area contributed by atoms with E-state index in [0.717, 1.165) is 0 Å². The molecule has 234 valence electrons. The van der Waals surface area contributed by atoms with Crippen LogP contribution in [0.25, 0.3) is 129 Å². The van der Waals surface area contributed by atoms with Crippen LogP contribution in [0.2, 0.25) is 0 Å². The molecule has 0 amide bonds. The van der Waals surface area contributed by atoms with E-state index in [0.29, 0.717) is 0 Å². The van der Waals surface area contributed by atoms with Crippen molar-refractivity contribution in [2.45, 2.75) is 0 Å². The van der Waals surface area contributed by atoms with E-state index in [-0.39, 0.29) is 0 Å². The monoisotopic (exact) mass is 696 g/mol. The summed E-state index contributed by atoms with van der Waals surface area (Å²) in [6.45, 7) is 0. The van der Waals surface area contributed by atoms with E-state index < -0.39 is 0 Å². The first kappa shape index (κ1) is 27.2. The van der Waals surface area contributed by atoms with Crippen molar-refractivity contribution in [2.75, 3.05) is 0 Å². The van der Waals surface area contributed by atoms with E-state index in [1.165, 1.54) is 129 Å². The van der Waals surface area contributed by atoms with E-state index in [1.807, 2.05) is 34.0 Å². The fraction of sp³-hybridized carbons (Fsp3) is 0. The number of fused-ring (bicyclic) bond motifs is 27. The van der Waals surface area contributed by atoms with Gasteiger partial charge in [-0.15, -0.1) is 0 Å². The molecule has 0 N–H and O–H groups in total. The van der Waals surface area contributed by atoms with Crippen molar-refractivity contribution in [3.05, 3.63) is 141 Å². The quantitative estimate of drug-likeness (QED) is 0.138. The van der Waals surface area contributed by atoms with Crippen molar-refractivity contribution in [1.29, 1.82) is 0 Å². The molecule has 0 saturated heterocycles. The third kappa shape index (κ3) is 3.27. The van der Waals surface area contributed by atoms with Gasteiger partial charge in [-0.1, -0.05) is 109 Å². The Labute approximate surface area is 303 Å². The second-order valence-corrected chi connectivity index (χ2v) is 16.2. The Hall–Kier alpha value is -5.58. The normalized spacial score (nSPS) is 12.7. The zero-order valence-electron chi connectivity index (χ0n) is 27.1. The Morgan fingerprint density at radius 2 is 0.451 bits per heavy atom. The van der Waals surface area contributed by atoms with Gasteiger partial charge in [0.25, 0.3) is 0 Å². The number of hydrogen-bond acceptors (Lipinski definition) is 3. The zero-order chi connectivity index (χ0) is 32.9. The molecule has 0 spiro atoms. The van der Waals surface area contributed by atoms with E-state index in [2.05, 4.69) is 141 Å². The minimum atomic E-state index is 1.29. The Bertz CT molecular complexity index is 3280. The van der Waals surface area contributed by atoms with Crippen molar-refractivity contribution in [2.24, 2.45) is 0 Å². The topological polar surface area (TPSA) is 0 Å². The van der Waals surface area contributed by atoms with Crippen LogP contribution < -0.4 is 0 Å². The highest BCUT2D eigenvalue weighted by molar-refractivity contribution is 7.10. The largest absolute Gasteiger partial charge is 0.151 e. The molecule has 0 aliphatic heterocycles. The number of rotatable bonds is 0. The summed E-state index contributed by atoms with van der Waals surface area (Å²) in [5.74, 6) is 0. The molecule has 0 bridgehead atoms. The van der Waals surface area contributed by atoms with Gasteiger partial charge in [0.15, 0.2) is 0 Å². The van der Waals surface area contributed by atoms with Gasteiger partial charge in [0.1, 0.15) is 0 Å². The third-order valence-corrected chi connectivity index (χ3v) is 13.9. The van der Waals surface area contributed by atoms with Crippen LogP contribution in [0.15, 0.2) is 141 Å². The summed E-state index contributed by atoms with van der Waals surface area (Å²) >= 11 is 5.50. The molecule has 0 saturated carbocycles. The van der Waals surface area contributed by atoms with E-state index in [1.54, 1.807) is 0 Å². The Morgan fingerprint density at radius 3 is 0.765 bits per heavy atom. The highest BCUT2D eigenvalue weighted by Crippen LogP contribution is 2.55. The minimum absolute atomic E-state index is 1.29. The first-order valence-corrected chi connectivity index (χ1v) is 20.2. The van der Waals surface area contributed by atoms with Crippen molar-refractivity contribution < 1.29 is 0 Å². The van der Waals surface area contributed by atoms with Gasteiger partial charge in [-0.25, -0.2) is 0 Å². The smallest absolute Gasteiger partial charge is 0.00152 e. The fourth-order valence-electron chi connectivity index (χ4n) is 9.73. The number of hydrogen-bond donors (Lipinski definition) is 0. The Morgan fingerprint density at radius 1 is 0.196 bits per heavy atom. The average molecular weight is 697 g/mol. The summed E-state index contributed by atoms with van der Waals surface area (Å²) < 4.78 is 0. The van der Waals surface area contributed by atoms with Crippen molar-refractivity contribution in [3.63, 3.8) is 0 Å². The zero-order valence-corrected chi connectivity index (χ0v) is 29.5. The Kier molecular flexibility index (Phi) is 5.11. The average Bonchev–Trinajstić information content (AvgIpc) is 3.98. The fourth-order valence-corrected chi connectivity index (χ4v) is 12.2. The summed E-state index contributed by atoms with van der Waals surface area (Å²) in [7, 11) is 0. The lowest BCUT2D eigenvalue weighted by Crippen LogP contribution is -1.92. The summed E-state index contributed by atoms with van der Waals surface area (Å²) in [6.07, 6.45) is 0. The predicted octanol–water partition coefficient (Wildman–Crippen LogP) is 15.7. The molecule has 0 radical (unpaired) electrons. The van der Waals surface area contributed by atoms with Gasteiger partial charge in [-0.05, 0) is 113 Å². The molecule has 3 heterocycles. The standard InChI is InChI=1S/C48H24S3/c1-4-10-28-25(7-1)13-16-31-40(28)34-19-49-22-37(34)46-43(31)47-38-23-50-20-35(38)42-30-12-6-3-9-27(30)15-18-33(42)45(47)48-39-24-51-21-36(39)41-29-11-5-2-8-26(29)14-17-32(41)44(46)48/h1-24H. The maximum atomic E-state index is 2.42. The predicted molar refractivity (Wildman–Crippen MR) is 230 cm³/mol. The first-order valence-electron chi connectivity index (χ1n) is 17.4. The maximum Gasteiger partial charge on any atom is 0.00152 e. The molecule has 13 rings (SSSR count). The number of thiophene rings is 3. The second-order valence-electron chi connectivity index (χ2n) is 14.0. The molecule has 51 heavy (non-hydrogen) atoms. The molecule has 3 aromatic heterocycles. The van der Waals surface area contributed by atoms with E-state index >= 15 is 0 Å². The van der Waals surface area contributed by atoms with Gasteiger partial charge in [0.2, 0.25) is 0 Å². The van der Waals surface area contributed by atoms with Crippen LogP contribution in [-0.4, -0.2) is 0 Å². The van der Waals surface area contributed by atoms with Gasteiger partial charge in [0.05, 0.1) is 0 Å². The van der Waals surface area contributed by atoms with Crippen molar-refractivity contribution in [1.82, 2.24) is 0 Å². The van der Waals surface area contributed by atoms with Crippen LogP contribution in [0.4, 0.5) is 0 Å². The van der Waals surface area contributed by atoms with Gasteiger partial charge >= 0.3 is 0 Å². The molecule has 0 nitrogen and oxygen atoms in total. The van der Waals surface area contributed by atoms with Crippen LogP contribution >= 0.6 is 34.0 Å². The molecule has 10 aromatic carbocycles. The van der Waals surface area contributed by atoms with Crippen molar-refractivity contribution in [3.8, 4) is 0 Å². The summed E-state index contributed by atoms with van der Waals surface area (Å²) in [5, 5.41) is 46.9. The molecule has 13 aromatic rings. The lowest BCUT2D eigenvalue weighted by molar-refractivity contribution is 1.81. The van der Waals surface area contributed by atoms with Gasteiger partial charge in [0, 0.05) is 48.5 Å². The molecular formula is C48H24S3. The lowest BCUT2D eigenvalue weighted by Gasteiger charge is -2.21. The van der Waals surface area contributed by atoms with Crippen LogP contribution in [0, 0.1) is 0 Å². The summed E-state index contributed by atoms with van der Waals surface area (Å²) in [6, 6.07) is 41.1. The SMILES string of the molecule is c1ccc2c(c1)ccc1c2c2cscc2c2c1c1c3cscc3c3c4ccccc4ccc3c1c1c3cscc3c3c4ccccc4ccc3c21. The molecule has 0 unspecified atom stereocenters. The molecular weight excluding hydrogens is 673 g/mol. The maximum absolute atomic E-state index is 2.42. The lowest BCUT2D eigenvalue weighted by atomic mass is 9.81. The highest BCUT2D eigenvalue weighted by Gasteiger charge is 2.25. The number of benzene rings is 10. The molecule has 0 aliphatic carbocycles. The third-order valence-electron chi connectivity index (χ3n) is 11.7. The van der Waals surface area contributed by atoms with Gasteiger partial charge < -0.3 is 0 Å². The molecule has 3 heteroatoms. The summed E-state index contributed by atoms with van der Waals surface area (Å²) in [4.78, 5) is 0. The van der Waals surface area contributed by atoms with Crippen LogP contribution in [0.3, 0.4) is 0 Å². The van der Waals surface area contributed by atoms with Gasteiger partial charge in [-0.3, -0.25) is 0 Å². The Balaban J connectivity index is 1.49. The second kappa shape index (κ2) is 9.60. The van der Waals surface area contributed by atoms with Gasteiger partial charge in [-0.2, -0.15) is 34.0 Å². The molecule has 0 fully saturated rings.